The molecule has 0 spiro atoms. The molecule has 0 saturated heterocycles. The van der Waals surface area contributed by atoms with Crippen LogP contribution in [0.25, 0.3) is 0 Å². The minimum atomic E-state index is 0.406. The fourth-order valence-corrected chi connectivity index (χ4v) is 3.39. The number of nitrogens with one attached hydrogen (secondary N) is 1. The van der Waals surface area contributed by atoms with Gasteiger partial charge >= 0.3 is 0 Å². The molecule has 2 aromatic carbocycles. The van der Waals surface area contributed by atoms with E-state index in [-0.39, 0.29) is 0 Å². The summed E-state index contributed by atoms with van der Waals surface area (Å²) in [5.41, 5.74) is 1.20. The number of likely N-dealkylation sites (N-methyl/N-ethyl adjacent to an activating group) is 1. The van der Waals surface area contributed by atoms with Crippen molar-refractivity contribution in [2.45, 2.75) is 17.4 Å². The van der Waals surface area contributed by atoms with E-state index in [1.165, 1.54) is 10.5 Å². The maximum Gasteiger partial charge on any atom is 0.0438 e. The van der Waals surface area contributed by atoms with E-state index < -0.39 is 0 Å². The molecule has 106 valence electrons. The van der Waals surface area contributed by atoms with E-state index in [1.54, 1.807) is 0 Å². The van der Waals surface area contributed by atoms with Gasteiger partial charge in [0.05, 0.1) is 0 Å². The molecule has 0 saturated carbocycles. The van der Waals surface area contributed by atoms with Crippen LogP contribution in [0.4, 0.5) is 0 Å². The van der Waals surface area contributed by atoms with Crippen molar-refractivity contribution in [3.63, 3.8) is 0 Å². The van der Waals surface area contributed by atoms with Gasteiger partial charge in [-0.05, 0) is 49.4 Å². The molecule has 2 aromatic rings. The van der Waals surface area contributed by atoms with Crippen LogP contribution < -0.4 is 5.32 Å². The van der Waals surface area contributed by atoms with Crippen LogP contribution in [0.3, 0.4) is 0 Å². The van der Waals surface area contributed by atoms with Crippen LogP contribution in [0.2, 0.25) is 5.02 Å². The highest BCUT2D eigenvalue weighted by atomic mass is 79.9. The van der Waals surface area contributed by atoms with E-state index in [4.69, 9.17) is 11.6 Å². The molecule has 0 aliphatic heterocycles. The smallest absolute Gasteiger partial charge is 0.0438 e. The molecule has 0 aliphatic carbocycles. The fraction of sp³-hybridized carbons (Fsp3) is 0.250. The second-order valence-electron chi connectivity index (χ2n) is 4.55. The van der Waals surface area contributed by atoms with Crippen LogP contribution >= 0.6 is 39.3 Å². The third-order valence-corrected chi connectivity index (χ3v) is 5.17. The van der Waals surface area contributed by atoms with Crippen LogP contribution in [0.15, 0.2) is 57.9 Å². The number of benzene rings is 2. The number of hydrogen-bond acceptors (Lipinski definition) is 2. The average molecular weight is 371 g/mol. The zero-order chi connectivity index (χ0) is 14.4. The second kappa shape index (κ2) is 8.08. The summed E-state index contributed by atoms with van der Waals surface area (Å²) in [5.74, 6) is 1.02. The minimum absolute atomic E-state index is 0.406. The topological polar surface area (TPSA) is 12.0 Å². The lowest BCUT2D eigenvalue weighted by Crippen LogP contribution is -2.30. The predicted octanol–water partition coefficient (Wildman–Crippen LogP) is 5.03. The second-order valence-corrected chi connectivity index (χ2v) is 6.96. The Kier molecular flexibility index (Phi) is 6.43. The molecule has 0 bridgehead atoms. The number of hydrogen-bond donors (Lipinski definition) is 1. The monoisotopic (exact) mass is 369 g/mol. The Balaban J connectivity index is 1.92. The summed E-state index contributed by atoms with van der Waals surface area (Å²) >= 11 is 11.5. The van der Waals surface area contributed by atoms with Crippen LogP contribution in [-0.2, 0) is 6.42 Å². The molecule has 0 amide bonds. The van der Waals surface area contributed by atoms with Crippen molar-refractivity contribution in [2.24, 2.45) is 0 Å². The summed E-state index contributed by atoms with van der Waals surface area (Å²) in [5, 5.41) is 4.22. The van der Waals surface area contributed by atoms with Crippen LogP contribution in [0.5, 0.6) is 0 Å². The Labute approximate surface area is 138 Å². The van der Waals surface area contributed by atoms with Gasteiger partial charge in [-0.2, -0.15) is 0 Å². The van der Waals surface area contributed by atoms with Gasteiger partial charge in [-0.1, -0.05) is 45.7 Å². The lowest BCUT2D eigenvalue weighted by atomic mass is 10.1. The molecule has 0 aliphatic rings. The van der Waals surface area contributed by atoms with E-state index in [1.807, 2.05) is 37.0 Å². The molecule has 0 fully saturated rings. The first kappa shape index (κ1) is 15.9. The summed E-state index contributed by atoms with van der Waals surface area (Å²) in [6, 6.07) is 16.9. The third-order valence-electron chi connectivity index (χ3n) is 3.10. The van der Waals surface area contributed by atoms with E-state index in [0.29, 0.717) is 6.04 Å². The van der Waals surface area contributed by atoms with Gasteiger partial charge in [-0.25, -0.2) is 0 Å². The summed E-state index contributed by atoms with van der Waals surface area (Å²) in [4.78, 5) is 1.28. The van der Waals surface area contributed by atoms with Crippen molar-refractivity contribution in [1.82, 2.24) is 5.32 Å². The maximum atomic E-state index is 6.22. The van der Waals surface area contributed by atoms with E-state index >= 15 is 0 Å². The SMILES string of the molecule is CNC(CSc1ccc(Br)cc1)Cc1ccccc1Cl. The highest BCUT2D eigenvalue weighted by Gasteiger charge is 2.10. The van der Waals surface area contributed by atoms with Crippen molar-refractivity contribution in [3.05, 3.63) is 63.6 Å². The quantitative estimate of drug-likeness (QED) is 0.716. The lowest BCUT2D eigenvalue weighted by molar-refractivity contribution is 0.617. The molecule has 1 unspecified atom stereocenters. The molecule has 2 rings (SSSR count). The Hall–Kier alpha value is -0.480. The molecule has 0 aromatic heterocycles. The number of thioether (sulfide) groups is 1. The Morgan fingerprint density at radius 1 is 1.15 bits per heavy atom. The summed E-state index contributed by atoms with van der Waals surface area (Å²) in [6.45, 7) is 0. The molecule has 1 N–H and O–H groups in total. The first-order valence-corrected chi connectivity index (χ1v) is 8.63. The van der Waals surface area contributed by atoms with E-state index in [2.05, 4.69) is 51.6 Å². The van der Waals surface area contributed by atoms with Crippen LogP contribution in [-0.4, -0.2) is 18.8 Å². The summed E-state index contributed by atoms with van der Waals surface area (Å²) < 4.78 is 1.11. The van der Waals surface area contributed by atoms with Gasteiger partial charge in [-0.15, -0.1) is 11.8 Å². The van der Waals surface area contributed by atoms with Crippen molar-refractivity contribution in [1.29, 1.82) is 0 Å². The number of halogens is 2. The van der Waals surface area contributed by atoms with Crippen molar-refractivity contribution in [2.75, 3.05) is 12.8 Å². The zero-order valence-corrected chi connectivity index (χ0v) is 14.4. The Morgan fingerprint density at radius 3 is 2.50 bits per heavy atom. The highest BCUT2D eigenvalue weighted by Crippen LogP contribution is 2.23. The van der Waals surface area contributed by atoms with Gasteiger partial charge in [0.15, 0.2) is 0 Å². The molecule has 1 nitrogen and oxygen atoms in total. The first-order valence-electron chi connectivity index (χ1n) is 6.48. The van der Waals surface area contributed by atoms with Gasteiger partial charge in [0.2, 0.25) is 0 Å². The summed E-state index contributed by atoms with van der Waals surface area (Å²) in [6.07, 6.45) is 0.944. The molecule has 0 heterocycles. The van der Waals surface area contributed by atoms with Gasteiger partial charge in [-0.3, -0.25) is 0 Å². The van der Waals surface area contributed by atoms with Crippen LogP contribution in [0.1, 0.15) is 5.56 Å². The van der Waals surface area contributed by atoms with Crippen LogP contribution in [0, 0.1) is 0 Å². The van der Waals surface area contributed by atoms with Crippen molar-refractivity contribution < 1.29 is 0 Å². The minimum Gasteiger partial charge on any atom is -0.316 e. The number of rotatable bonds is 6. The average Bonchev–Trinajstić information content (AvgIpc) is 2.47. The fourth-order valence-electron chi connectivity index (χ4n) is 1.90. The van der Waals surface area contributed by atoms with Gasteiger partial charge in [0, 0.05) is 26.2 Å². The van der Waals surface area contributed by atoms with Gasteiger partial charge in [0.1, 0.15) is 0 Å². The van der Waals surface area contributed by atoms with Gasteiger partial charge < -0.3 is 5.32 Å². The van der Waals surface area contributed by atoms with E-state index in [9.17, 15) is 0 Å². The molecular formula is C16H17BrClNS. The third kappa shape index (κ3) is 4.81. The zero-order valence-electron chi connectivity index (χ0n) is 11.3. The Bertz CT molecular complexity index is 544. The molecular weight excluding hydrogens is 354 g/mol. The largest absolute Gasteiger partial charge is 0.316 e. The van der Waals surface area contributed by atoms with Crippen molar-refractivity contribution >= 4 is 39.3 Å². The first-order chi connectivity index (χ1) is 9.69. The van der Waals surface area contributed by atoms with Gasteiger partial charge in [0.25, 0.3) is 0 Å². The standard InChI is InChI=1S/C16H17BrClNS/c1-19-14(10-12-4-2-3-5-16(12)18)11-20-15-8-6-13(17)7-9-15/h2-9,14,19H,10-11H2,1H3. The molecule has 20 heavy (non-hydrogen) atoms. The predicted molar refractivity (Wildman–Crippen MR) is 92.9 cm³/mol. The summed E-state index contributed by atoms with van der Waals surface area (Å²) in [7, 11) is 2.00. The van der Waals surface area contributed by atoms with E-state index in [0.717, 1.165) is 21.7 Å². The normalized spacial score (nSPS) is 12.3. The lowest BCUT2D eigenvalue weighted by Gasteiger charge is -2.16. The van der Waals surface area contributed by atoms with Crippen molar-refractivity contribution in [3.8, 4) is 0 Å². The highest BCUT2D eigenvalue weighted by molar-refractivity contribution is 9.10. The molecule has 4 heteroatoms. The molecule has 0 radical (unpaired) electrons. The maximum absolute atomic E-state index is 6.22. The molecule has 1 atom stereocenters. The Morgan fingerprint density at radius 2 is 1.85 bits per heavy atom.